The zero-order valence-electron chi connectivity index (χ0n) is 14.2. The average Bonchev–Trinajstić information content (AvgIpc) is 2.97. The fraction of sp³-hybridized carbons (Fsp3) is 0.588. The molecule has 1 aliphatic rings. The number of nitrogens with zero attached hydrogens (tertiary/aromatic N) is 2. The largest absolute Gasteiger partial charge is 0.504 e. The van der Waals surface area contributed by atoms with Crippen LogP contribution < -0.4 is 4.74 Å². The Morgan fingerprint density at radius 3 is 2.67 bits per heavy atom. The maximum atomic E-state index is 12.7. The van der Waals surface area contributed by atoms with Crippen LogP contribution in [0.4, 0.5) is 0 Å². The van der Waals surface area contributed by atoms with E-state index in [4.69, 9.17) is 9.84 Å². The van der Waals surface area contributed by atoms with Crippen molar-refractivity contribution < 1.29 is 24.9 Å². The molecule has 1 saturated heterocycles. The Balaban J connectivity index is 2.11. The molecule has 1 aromatic rings. The van der Waals surface area contributed by atoms with Gasteiger partial charge < -0.3 is 29.9 Å². The second-order valence-electron chi connectivity index (χ2n) is 6.26. The smallest absolute Gasteiger partial charge is 0.257 e. The number of phenolic OH excluding ortho intramolecular Hbond substituents is 1. The Bertz CT molecular complexity index is 566. The molecule has 0 aromatic heterocycles. The van der Waals surface area contributed by atoms with Crippen LogP contribution in [0, 0.1) is 11.8 Å². The normalized spacial score (nSPS) is 20.6. The molecule has 1 fully saturated rings. The van der Waals surface area contributed by atoms with Crippen molar-refractivity contribution in [2.24, 2.45) is 11.8 Å². The first-order valence-electron chi connectivity index (χ1n) is 8.07. The van der Waals surface area contributed by atoms with Gasteiger partial charge in [-0.05, 0) is 25.1 Å². The molecule has 3 N–H and O–H groups in total. The Kier molecular flexibility index (Phi) is 6.42. The minimum atomic E-state index is -0.267. The summed E-state index contributed by atoms with van der Waals surface area (Å²) < 4.78 is 5.05. The summed E-state index contributed by atoms with van der Waals surface area (Å²) in [6, 6.07) is 4.83. The number of phenols is 1. The Morgan fingerprint density at radius 2 is 2.04 bits per heavy atom. The third-order valence-electron chi connectivity index (χ3n) is 4.58. The van der Waals surface area contributed by atoms with Crippen molar-refractivity contribution in [3.63, 3.8) is 0 Å². The van der Waals surface area contributed by atoms with Crippen LogP contribution in [-0.2, 0) is 0 Å². The van der Waals surface area contributed by atoms with Gasteiger partial charge in [0.15, 0.2) is 11.5 Å². The lowest BCUT2D eigenvalue weighted by Gasteiger charge is -2.23. The number of benzene rings is 1. The van der Waals surface area contributed by atoms with Crippen LogP contribution in [0.1, 0.15) is 10.4 Å². The molecule has 0 radical (unpaired) electrons. The minimum absolute atomic E-state index is 0.00546. The molecule has 1 amide bonds. The van der Waals surface area contributed by atoms with Crippen molar-refractivity contribution in [2.75, 3.05) is 53.6 Å². The van der Waals surface area contributed by atoms with Gasteiger partial charge in [-0.25, -0.2) is 0 Å². The summed E-state index contributed by atoms with van der Waals surface area (Å²) in [6.45, 7) is 2.29. The number of carbonyl (C=O) groups is 1. The fourth-order valence-corrected chi connectivity index (χ4v) is 3.21. The number of methoxy groups -OCH3 is 1. The van der Waals surface area contributed by atoms with Crippen LogP contribution in [-0.4, -0.2) is 84.6 Å². The lowest BCUT2D eigenvalue weighted by molar-refractivity contribution is 0.0775. The van der Waals surface area contributed by atoms with Gasteiger partial charge in [0.25, 0.3) is 5.91 Å². The first kappa shape index (κ1) is 18.5. The predicted octanol–water partition coefficient (Wildman–Crippen LogP) is 0.00540. The topological polar surface area (TPSA) is 93.5 Å². The van der Waals surface area contributed by atoms with E-state index in [1.807, 2.05) is 11.9 Å². The van der Waals surface area contributed by atoms with E-state index >= 15 is 0 Å². The number of ether oxygens (including phenoxy) is 1. The lowest BCUT2D eigenvalue weighted by atomic mass is 9.96. The summed E-state index contributed by atoms with van der Waals surface area (Å²) in [5.41, 5.74) is 0.204. The summed E-state index contributed by atoms with van der Waals surface area (Å²) in [7, 11) is 3.34. The van der Waals surface area contributed by atoms with Crippen LogP contribution in [0.3, 0.4) is 0 Å². The van der Waals surface area contributed by atoms with Crippen LogP contribution >= 0.6 is 0 Å². The number of carbonyl (C=O) groups excluding carboxylic acids is 1. The zero-order chi connectivity index (χ0) is 17.7. The highest BCUT2D eigenvalue weighted by molar-refractivity contribution is 5.97. The molecule has 1 aliphatic heterocycles. The third kappa shape index (κ3) is 3.98. The van der Waals surface area contributed by atoms with E-state index in [9.17, 15) is 15.0 Å². The van der Waals surface area contributed by atoms with Crippen molar-refractivity contribution in [2.45, 2.75) is 0 Å². The predicted molar refractivity (Wildman–Crippen MR) is 89.2 cm³/mol. The number of aliphatic hydroxyl groups is 2. The van der Waals surface area contributed by atoms with Crippen molar-refractivity contribution in [1.82, 2.24) is 9.80 Å². The molecule has 0 aliphatic carbocycles. The number of likely N-dealkylation sites (tertiary alicyclic amines) is 1. The van der Waals surface area contributed by atoms with Gasteiger partial charge in [-0.3, -0.25) is 4.79 Å². The molecule has 1 aromatic carbocycles. The number of hydrogen-bond acceptors (Lipinski definition) is 6. The van der Waals surface area contributed by atoms with Gasteiger partial charge in [0.1, 0.15) is 0 Å². The van der Waals surface area contributed by atoms with Crippen molar-refractivity contribution in [3.8, 4) is 11.5 Å². The van der Waals surface area contributed by atoms with E-state index in [1.54, 1.807) is 23.1 Å². The summed E-state index contributed by atoms with van der Waals surface area (Å²) in [5, 5.41) is 28.8. The van der Waals surface area contributed by atoms with E-state index in [-0.39, 0.29) is 48.0 Å². The maximum Gasteiger partial charge on any atom is 0.257 e. The highest BCUT2D eigenvalue weighted by Crippen LogP contribution is 2.32. The molecule has 0 saturated carbocycles. The average molecular weight is 338 g/mol. The van der Waals surface area contributed by atoms with Gasteiger partial charge >= 0.3 is 0 Å². The molecule has 0 unspecified atom stereocenters. The molecular formula is C17H26N2O5. The molecule has 0 bridgehead atoms. The van der Waals surface area contributed by atoms with Crippen LogP contribution in [0.5, 0.6) is 11.5 Å². The van der Waals surface area contributed by atoms with Crippen molar-refractivity contribution >= 4 is 5.91 Å². The molecule has 0 spiro atoms. The summed E-state index contributed by atoms with van der Waals surface area (Å²) in [6.07, 6.45) is 0. The van der Waals surface area contributed by atoms with Gasteiger partial charge in [-0.15, -0.1) is 0 Å². The fourth-order valence-electron chi connectivity index (χ4n) is 3.21. The second kappa shape index (κ2) is 8.32. The highest BCUT2D eigenvalue weighted by Gasteiger charge is 2.36. The van der Waals surface area contributed by atoms with Crippen LogP contribution in [0.15, 0.2) is 18.2 Å². The first-order chi connectivity index (χ1) is 11.5. The van der Waals surface area contributed by atoms with Gasteiger partial charge in [-0.2, -0.15) is 0 Å². The molecule has 24 heavy (non-hydrogen) atoms. The Morgan fingerprint density at radius 1 is 1.33 bits per heavy atom. The second-order valence-corrected chi connectivity index (χ2v) is 6.26. The molecular weight excluding hydrogens is 312 g/mol. The molecule has 7 heteroatoms. The minimum Gasteiger partial charge on any atom is -0.504 e. The van der Waals surface area contributed by atoms with Crippen molar-refractivity contribution in [3.05, 3.63) is 23.8 Å². The SMILES string of the molecule is COc1cccc(C(=O)N2C[C@@H](CN(C)CCO)[C@@H](CO)C2)c1O. The third-order valence-corrected chi connectivity index (χ3v) is 4.58. The number of rotatable bonds is 7. The van der Waals surface area contributed by atoms with Gasteiger partial charge in [0, 0.05) is 38.7 Å². The number of hydrogen-bond donors (Lipinski definition) is 3. The van der Waals surface area contributed by atoms with E-state index < -0.39 is 0 Å². The quantitative estimate of drug-likeness (QED) is 0.648. The zero-order valence-corrected chi connectivity index (χ0v) is 14.2. The maximum absolute atomic E-state index is 12.7. The molecule has 7 nitrogen and oxygen atoms in total. The van der Waals surface area contributed by atoms with Crippen molar-refractivity contribution in [1.29, 1.82) is 0 Å². The van der Waals surface area contributed by atoms with Gasteiger partial charge in [-0.1, -0.05) is 6.07 Å². The molecule has 2 rings (SSSR count). The van der Waals surface area contributed by atoms with Gasteiger partial charge in [0.05, 0.1) is 19.3 Å². The number of amides is 1. The summed E-state index contributed by atoms with van der Waals surface area (Å²) in [5.74, 6) is -0.0485. The van der Waals surface area contributed by atoms with E-state index in [0.29, 0.717) is 26.2 Å². The standard InChI is InChI=1S/C17H26N2O5/c1-18(6-7-20)8-12-9-19(10-13(12)11-21)17(23)14-4-3-5-15(24-2)16(14)22/h3-5,12-13,20-22H,6-11H2,1-2H3/t12-,13-/m1/s1. The summed E-state index contributed by atoms with van der Waals surface area (Å²) in [4.78, 5) is 16.4. The monoisotopic (exact) mass is 338 g/mol. The van der Waals surface area contributed by atoms with Gasteiger partial charge in [0.2, 0.25) is 0 Å². The first-order valence-corrected chi connectivity index (χ1v) is 8.07. The number of para-hydroxylation sites is 1. The van der Waals surface area contributed by atoms with Crippen LogP contribution in [0.25, 0.3) is 0 Å². The number of aliphatic hydroxyl groups excluding tert-OH is 2. The van der Waals surface area contributed by atoms with E-state index in [2.05, 4.69) is 0 Å². The molecule has 134 valence electrons. The number of aromatic hydroxyl groups is 1. The van der Waals surface area contributed by atoms with Crippen LogP contribution in [0.2, 0.25) is 0 Å². The summed E-state index contributed by atoms with van der Waals surface area (Å²) >= 11 is 0. The molecule has 2 atom stereocenters. The lowest BCUT2D eigenvalue weighted by Crippen LogP contribution is -2.33. The molecule has 1 heterocycles. The number of likely N-dealkylation sites (N-methyl/N-ethyl adjacent to an activating group) is 1. The Labute approximate surface area is 142 Å². The highest BCUT2D eigenvalue weighted by atomic mass is 16.5. The van der Waals surface area contributed by atoms with E-state index in [1.165, 1.54) is 7.11 Å². The Hall–Kier alpha value is -1.83. The van der Waals surface area contributed by atoms with E-state index in [0.717, 1.165) is 0 Å².